The van der Waals surface area contributed by atoms with Gasteiger partial charge in [0.2, 0.25) is 0 Å². The molecule has 0 saturated heterocycles. The highest BCUT2D eigenvalue weighted by Crippen LogP contribution is 2.18. The van der Waals surface area contributed by atoms with Crippen molar-refractivity contribution >= 4 is 27.5 Å². The molecule has 0 aliphatic heterocycles. The Morgan fingerprint density at radius 2 is 2.32 bits per heavy atom. The van der Waals surface area contributed by atoms with Crippen molar-refractivity contribution in [3.63, 3.8) is 0 Å². The summed E-state index contributed by atoms with van der Waals surface area (Å²) in [6.45, 7) is 0.596. The molecule has 0 unspecified atom stereocenters. The molecular weight excluding hydrogens is 260 g/mol. The number of fused-ring (bicyclic) bond motifs is 1. The normalized spacial score (nSPS) is 10.7. The topological polar surface area (TPSA) is 55.1 Å². The van der Waals surface area contributed by atoms with E-state index in [1.807, 2.05) is 18.2 Å². The number of benzene rings is 1. The molecule has 0 bridgehead atoms. The van der Waals surface area contributed by atoms with Gasteiger partial charge in [-0.25, -0.2) is 4.98 Å². The second-order valence-corrected chi connectivity index (χ2v) is 5.06. The van der Waals surface area contributed by atoms with E-state index in [0.717, 1.165) is 22.2 Å². The van der Waals surface area contributed by atoms with Crippen LogP contribution in [0.15, 0.2) is 46.7 Å². The Balaban J connectivity index is 1.63. The number of hydrogen-bond donors (Lipinski definition) is 1. The lowest BCUT2D eigenvalue weighted by atomic mass is 10.2. The SMILES string of the molecule is O=C(NCCc1ccoc1)c1ccc2ncsc2c1. The zero-order valence-electron chi connectivity index (χ0n) is 10.1. The molecular formula is C14H12N2O2S. The minimum absolute atomic E-state index is 0.0567. The predicted octanol–water partition coefficient (Wildman–Crippen LogP) is 2.86. The van der Waals surface area contributed by atoms with E-state index in [1.54, 1.807) is 24.1 Å². The first-order chi connectivity index (χ1) is 9.33. The molecule has 1 N–H and O–H groups in total. The third-order valence-electron chi connectivity index (χ3n) is 2.87. The molecule has 0 fully saturated rings. The summed E-state index contributed by atoms with van der Waals surface area (Å²) < 4.78 is 6.01. The van der Waals surface area contributed by atoms with Crippen LogP contribution in [0.25, 0.3) is 10.2 Å². The summed E-state index contributed by atoms with van der Waals surface area (Å²) in [6, 6.07) is 7.45. The van der Waals surface area contributed by atoms with Crippen LogP contribution in [0.3, 0.4) is 0 Å². The minimum Gasteiger partial charge on any atom is -0.472 e. The standard InChI is InChI=1S/C14H12N2O2S/c17-14(15-5-3-10-4-6-18-8-10)11-1-2-12-13(7-11)19-9-16-12/h1-2,4,6-9H,3,5H2,(H,15,17). The summed E-state index contributed by atoms with van der Waals surface area (Å²) in [5.41, 5.74) is 4.47. The number of hydrogen-bond acceptors (Lipinski definition) is 4. The van der Waals surface area contributed by atoms with Gasteiger partial charge in [-0.1, -0.05) is 0 Å². The highest BCUT2D eigenvalue weighted by molar-refractivity contribution is 7.16. The van der Waals surface area contributed by atoms with Gasteiger partial charge in [-0.2, -0.15) is 0 Å². The van der Waals surface area contributed by atoms with Crippen molar-refractivity contribution in [2.45, 2.75) is 6.42 Å². The van der Waals surface area contributed by atoms with Crippen LogP contribution in [0.4, 0.5) is 0 Å². The quantitative estimate of drug-likeness (QED) is 0.794. The summed E-state index contributed by atoms with van der Waals surface area (Å²) >= 11 is 1.54. The van der Waals surface area contributed by atoms with Crippen LogP contribution in [-0.4, -0.2) is 17.4 Å². The molecule has 2 heterocycles. The maximum absolute atomic E-state index is 12.0. The summed E-state index contributed by atoms with van der Waals surface area (Å²) in [6.07, 6.45) is 4.09. The van der Waals surface area contributed by atoms with Gasteiger partial charge in [-0.15, -0.1) is 11.3 Å². The van der Waals surface area contributed by atoms with E-state index in [1.165, 1.54) is 11.3 Å². The zero-order chi connectivity index (χ0) is 13.1. The van der Waals surface area contributed by atoms with E-state index in [2.05, 4.69) is 10.3 Å². The highest BCUT2D eigenvalue weighted by Gasteiger charge is 2.07. The van der Waals surface area contributed by atoms with Crippen LogP contribution in [0.1, 0.15) is 15.9 Å². The van der Waals surface area contributed by atoms with Crippen LogP contribution in [0.5, 0.6) is 0 Å². The van der Waals surface area contributed by atoms with Crippen molar-refractivity contribution in [2.75, 3.05) is 6.54 Å². The van der Waals surface area contributed by atoms with Gasteiger partial charge in [0.05, 0.1) is 28.3 Å². The molecule has 19 heavy (non-hydrogen) atoms. The van der Waals surface area contributed by atoms with Gasteiger partial charge >= 0.3 is 0 Å². The van der Waals surface area contributed by atoms with Crippen LogP contribution >= 0.6 is 11.3 Å². The average Bonchev–Trinajstić information content (AvgIpc) is 3.08. The summed E-state index contributed by atoms with van der Waals surface area (Å²) in [4.78, 5) is 16.2. The Morgan fingerprint density at radius 3 is 3.16 bits per heavy atom. The molecule has 2 aromatic heterocycles. The number of aromatic nitrogens is 1. The van der Waals surface area contributed by atoms with Crippen molar-refractivity contribution in [1.82, 2.24) is 10.3 Å². The van der Waals surface area contributed by atoms with Crippen LogP contribution in [0.2, 0.25) is 0 Å². The fraction of sp³-hybridized carbons (Fsp3) is 0.143. The van der Waals surface area contributed by atoms with Gasteiger partial charge in [-0.05, 0) is 36.2 Å². The van der Waals surface area contributed by atoms with E-state index in [9.17, 15) is 4.79 Å². The Morgan fingerprint density at radius 1 is 1.37 bits per heavy atom. The van der Waals surface area contributed by atoms with Crippen molar-refractivity contribution in [3.05, 3.63) is 53.4 Å². The fourth-order valence-corrected chi connectivity index (χ4v) is 2.57. The first-order valence-corrected chi connectivity index (χ1v) is 6.83. The van der Waals surface area contributed by atoms with Crippen molar-refractivity contribution < 1.29 is 9.21 Å². The highest BCUT2D eigenvalue weighted by atomic mass is 32.1. The number of rotatable bonds is 4. The lowest BCUT2D eigenvalue weighted by Crippen LogP contribution is -2.25. The van der Waals surface area contributed by atoms with Gasteiger partial charge in [0.25, 0.3) is 5.91 Å². The third kappa shape index (κ3) is 2.66. The predicted molar refractivity (Wildman–Crippen MR) is 74.4 cm³/mol. The molecule has 1 aromatic carbocycles. The molecule has 0 radical (unpaired) electrons. The molecule has 3 aromatic rings. The Kier molecular flexibility index (Phi) is 3.29. The minimum atomic E-state index is -0.0567. The molecule has 96 valence electrons. The number of furan rings is 1. The lowest BCUT2D eigenvalue weighted by molar-refractivity contribution is 0.0954. The maximum Gasteiger partial charge on any atom is 0.251 e. The Labute approximate surface area is 114 Å². The molecule has 3 rings (SSSR count). The first-order valence-electron chi connectivity index (χ1n) is 5.95. The lowest BCUT2D eigenvalue weighted by Gasteiger charge is -2.04. The van der Waals surface area contributed by atoms with Gasteiger partial charge in [-0.3, -0.25) is 4.79 Å². The smallest absolute Gasteiger partial charge is 0.251 e. The van der Waals surface area contributed by atoms with Crippen LogP contribution < -0.4 is 5.32 Å². The summed E-state index contributed by atoms with van der Waals surface area (Å²) in [7, 11) is 0. The summed E-state index contributed by atoms with van der Waals surface area (Å²) in [5.74, 6) is -0.0567. The molecule has 0 atom stereocenters. The number of carbonyl (C=O) groups excluding carboxylic acids is 1. The van der Waals surface area contributed by atoms with Gasteiger partial charge in [0.15, 0.2) is 0 Å². The van der Waals surface area contributed by atoms with Gasteiger partial charge < -0.3 is 9.73 Å². The second kappa shape index (κ2) is 5.24. The van der Waals surface area contributed by atoms with E-state index >= 15 is 0 Å². The molecule has 0 aliphatic carbocycles. The number of nitrogens with zero attached hydrogens (tertiary/aromatic N) is 1. The van der Waals surface area contributed by atoms with E-state index < -0.39 is 0 Å². The molecule has 0 spiro atoms. The number of amides is 1. The first kappa shape index (κ1) is 11.9. The fourth-order valence-electron chi connectivity index (χ4n) is 1.85. The average molecular weight is 272 g/mol. The molecule has 0 aliphatic rings. The Bertz CT molecular complexity index is 688. The second-order valence-electron chi connectivity index (χ2n) is 4.17. The van der Waals surface area contributed by atoms with Crippen molar-refractivity contribution in [2.24, 2.45) is 0 Å². The van der Waals surface area contributed by atoms with Crippen molar-refractivity contribution in [1.29, 1.82) is 0 Å². The monoisotopic (exact) mass is 272 g/mol. The third-order valence-corrected chi connectivity index (χ3v) is 3.66. The largest absolute Gasteiger partial charge is 0.472 e. The van der Waals surface area contributed by atoms with Crippen LogP contribution in [0, 0.1) is 0 Å². The number of carbonyl (C=O) groups is 1. The number of nitrogens with one attached hydrogen (secondary N) is 1. The zero-order valence-corrected chi connectivity index (χ0v) is 10.9. The van der Waals surface area contributed by atoms with E-state index in [0.29, 0.717) is 12.1 Å². The Hall–Kier alpha value is -2.14. The van der Waals surface area contributed by atoms with Crippen molar-refractivity contribution in [3.8, 4) is 0 Å². The van der Waals surface area contributed by atoms with Gasteiger partial charge in [0.1, 0.15) is 0 Å². The molecule has 5 heteroatoms. The maximum atomic E-state index is 12.0. The molecule has 1 amide bonds. The summed E-state index contributed by atoms with van der Waals surface area (Å²) in [5, 5.41) is 2.90. The van der Waals surface area contributed by atoms with Gasteiger partial charge in [0, 0.05) is 12.1 Å². The van der Waals surface area contributed by atoms with E-state index in [-0.39, 0.29) is 5.91 Å². The molecule has 4 nitrogen and oxygen atoms in total. The van der Waals surface area contributed by atoms with E-state index in [4.69, 9.17) is 4.42 Å². The number of thiazole rings is 1. The van der Waals surface area contributed by atoms with Crippen LogP contribution in [-0.2, 0) is 6.42 Å². The molecule has 0 saturated carbocycles.